The molecule has 3 rings (SSSR count). The fraction of sp³-hybridized carbons (Fsp3) is 0.364. The first-order valence-electron chi connectivity index (χ1n) is 9.30. The molecule has 0 fully saturated rings. The van der Waals surface area contributed by atoms with Gasteiger partial charge in [0.1, 0.15) is 5.52 Å². The Balaban J connectivity index is 1.56. The third-order valence-corrected chi connectivity index (χ3v) is 4.58. The highest BCUT2D eigenvalue weighted by molar-refractivity contribution is 5.76. The Bertz CT molecular complexity index is 938. The van der Waals surface area contributed by atoms with Crippen LogP contribution in [-0.4, -0.2) is 10.9 Å². The molecule has 1 heterocycles. The quantitative estimate of drug-likeness (QED) is 0.695. The summed E-state index contributed by atoms with van der Waals surface area (Å²) in [7, 11) is 0. The predicted molar refractivity (Wildman–Crippen MR) is 107 cm³/mol. The van der Waals surface area contributed by atoms with Crippen LogP contribution in [0.3, 0.4) is 0 Å². The number of fused-ring (bicyclic) bond motifs is 1. The Labute approximate surface area is 160 Å². The first-order chi connectivity index (χ1) is 12.8. The number of carbonyl (C=O) groups excluding carboxylic acids is 1. The summed E-state index contributed by atoms with van der Waals surface area (Å²) in [6, 6.07) is 14.0. The van der Waals surface area contributed by atoms with Crippen molar-refractivity contribution in [3.8, 4) is 0 Å². The van der Waals surface area contributed by atoms with E-state index in [0.29, 0.717) is 31.8 Å². The van der Waals surface area contributed by atoms with Crippen molar-refractivity contribution in [3.05, 3.63) is 65.0 Å². The Morgan fingerprint density at radius 3 is 2.67 bits per heavy atom. The normalized spacial score (nSPS) is 11.7. The SMILES string of the molecule is CC(C)(C)c1ccc2oc(CCC(=O)NCc3cccc(CN)c3)nc2c1. The summed E-state index contributed by atoms with van der Waals surface area (Å²) in [6.45, 7) is 7.50. The molecule has 0 aliphatic carbocycles. The molecule has 5 heteroatoms. The maximum atomic E-state index is 12.1. The molecule has 1 amide bonds. The third-order valence-electron chi connectivity index (χ3n) is 4.58. The van der Waals surface area contributed by atoms with E-state index in [-0.39, 0.29) is 11.3 Å². The van der Waals surface area contributed by atoms with Crippen molar-refractivity contribution in [1.82, 2.24) is 10.3 Å². The minimum atomic E-state index is -0.0224. The van der Waals surface area contributed by atoms with Crippen LogP contribution >= 0.6 is 0 Å². The monoisotopic (exact) mass is 365 g/mol. The number of aromatic nitrogens is 1. The molecule has 0 aliphatic rings. The Hall–Kier alpha value is -2.66. The second kappa shape index (κ2) is 7.92. The predicted octanol–water partition coefficient (Wildman–Crippen LogP) is 3.83. The van der Waals surface area contributed by atoms with Crippen molar-refractivity contribution in [2.75, 3.05) is 0 Å². The summed E-state index contributed by atoms with van der Waals surface area (Å²) in [6.07, 6.45) is 0.823. The van der Waals surface area contributed by atoms with Crippen molar-refractivity contribution in [2.45, 2.75) is 52.1 Å². The number of aryl methyl sites for hydroxylation is 1. The summed E-state index contributed by atoms with van der Waals surface area (Å²) < 4.78 is 5.77. The first kappa shape index (κ1) is 19.1. The highest BCUT2D eigenvalue weighted by Crippen LogP contribution is 2.26. The molecular formula is C22H27N3O2. The molecule has 1 aromatic heterocycles. The number of hydrogen-bond acceptors (Lipinski definition) is 4. The molecule has 3 aromatic rings. The highest BCUT2D eigenvalue weighted by Gasteiger charge is 2.16. The van der Waals surface area contributed by atoms with E-state index in [1.165, 1.54) is 5.56 Å². The lowest BCUT2D eigenvalue weighted by Gasteiger charge is -2.18. The Morgan fingerprint density at radius 2 is 1.93 bits per heavy atom. The number of benzene rings is 2. The van der Waals surface area contributed by atoms with Crippen molar-refractivity contribution in [1.29, 1.82) is 0 Å². The first-order valence-corrected chi connectivity index (χ1v) is 9.30. The van der Waals surface area contributed by atoms with Crippen LogP contribution in [0.5, 0.6) is 0 Å². The molecule has 2 aromatic carbocycles. The summed E-state index contributed by atoms with van der Waals surface area (Å²) in [4.78, 5) is 16.7. The summed E-state index contributed by atoms with van der Waals surface area (Å²) in [5.41, 5.74) is 10.6. The average Bonchev–Trinajstić information content (AvgIpc) is 3.06. The minimum absolute atomic E-state index is 0.0224. The lowest BCUT2D eigenvalue weighted by molar-refractivity contribution is -0.121. The summed E-state index contributed by atoms with van der Waals surface area (Å²) in [5, 5.41) is 2.93. The van der Waals surface area contributed by atoms with Crippen LogP contribution in [0.25, 0.3) is 11.1 Å². The third kappa shape index (κ3) is 4.95. The average molecular weight is 365 g/mol. The maximum absolute atomic E-state index is 12.1. The van der Waals surface area contributed by atoms with Gasteiger partial charge in [-0.1, -0.05) is 51.1 Å². The largest absolute Gasteiger partial charge is 0.441 e. The molecule has 0 unspecified atom stereocenters. The molecule has 0 spiro atoms. The zero-order chi connectivity index (χ0) is 19.4. The fourth-order valence-corrected chi connectivity index (χ4v) is 2.92. The van der Waals surface area contributed by atoms with Crippen LogP contribution in [0.4, 0.5) is 0 Å². The van der Waals surface area contributed by atoms with Crippen molar-refractivity contribution in [3.63, 3.8) is 0 Å². The zero-order valence-corrected chi connectivity index (χ0v) is 16.2. The highest BCUT2D eigenvalue weighted by atomic mass is 16.3. The van der Waals surface area contributed by atoms with Crippen LogP contribution in [-0.2, 0) is 29.7 Å². The Kier molecular flexibility index (Phi) is 5.61. The number of amides is 1. The molecule has 5 nitrogen and oxygen atoms in total. The van der Waals surface area contributed by atoms with Crippen LogP contribution in [0, 0.1) is 0 Å². The van der Waals surface area contributed by atoms with E-state index in [1.54, 1.807) is 0 Å². The van der Waals surface area contributed by atoms with Gasteiger partial charge in [0.2, 0.25) is 5.91 Å². The maximum Gasteiger partial charge on any atom is 0.220 e. The van der Waals surface area contributed by atoms with E-state index >= 15 is 0 Å². The number of oxazole rings is 1. The summed E-state index contributed by atoms with van der Waals surface area (Å²) >= 11 is 0. The van der Waals surface area contributed by atoms with Gasteiger partial charge in [-0.3, -0.25) is 4.79 Å². The van der Waals surface area contributed by atoms with E-state index < -0.39 is 0 Å². The second-order valence-electron chi connectivity index (χ2n) is 7.84. The van der Waals surface area contributed by atoms with Gasteiger partial charge >= 0.3 is 0 Å². The molecule has 3 N–H and O–H groups in total. The molecular weight excluding hydrogens is 338 g/mol. The van der Waals surface area contributed by atoms with Gasteiger partial charge in [0, 0.05) is 25.9 Å². The van der Waals surface area contributed by atoms with Gasteiger partial charge in [0.25, 0.3) is 0 Å². The van der Waals surface area contributed by atoms with Crippen molar-refractivity contribution < 1.29 is 9.21 Å². The summed E-state index contributed by atoms with van der Waals surface area (Å²) in [5.74, 6) is 0.571. The Morgan fingerprint density at radius 1 is 1.15 bits per heavy atom. The fourth-order valence-electron chi connectivity index (χ4n) is 2.92. The molecule has 0 radical (unpaired) electrons. The van der Waals surface area contributed by atoms with E-state index in [0.717, 1.165) is 22.2 Å². The lowest BCUT2D eigenvalue weighted by Crippen LogP contribution is -2.23. The molecule has 0 aliphatic heterocycles. The van der Waals surface area contributed by atoms with E-state index in [2.05, 4.69) is 43.2 Å². The number of nitrogens with zero attached hydrogens (tertiary/aromatic N) is 1. The van der Waals surface area contributed by atoms with E-state index in [4.69, 9.17) is 10.2 Å². The minimum Gasteiger partial charge on any atom is -0.441 e. The standard InChI is InChI=1S/C22H27N3O2/c1-22(2,3)17-7-8-19-18(12-17)25-21(27-19)10-9-20(26)24-14-16-6-4-5-15(11-16)13-23/h4-8,11-12H,9-10,13-14,23H2,1-3H3,(H,24,26). The topological polar surface area (TPSA) is 81.2 Å². The number of nitrogens with two attached hydrogens (primary N) is 1. The molecule has 0 saturated carbocycles. The van der Waals surface area contributed by atoms with Gasteiger partial charge in [-0.15, -0.1) is 0 Å². The van der Waals surface area contributed by atoms with Crippen molar-refractivity contribution in [2.24, 2.45) is 5.73 Å². The molecule has 0 atom stereocenters. The van der Waals surface area contributed by atoms with E-state index in [9.17, 15) is 4.79 Å². The van der Waals surface area contributed by atoms with E-state index in [1.807, 2.05) is 30.3 Å². The molecule has 0 bridgehead atoms. The number of carbonyl (C=O) groups is 1. The van der Waals surface area contributed by atoms with Gasteiger partial charge in [0.15, 0.2) is 11.5 Å². The van der Waals surface area contributed by atoms with Gasteiger partial charge < -0.3 is 15.5 Å². The van der Waals surface area contributed by atoms with Gasteiger partial charge in [0.05, 0.1) is 0 Å². The van der Waals surface area contributed by atoms with Gasteiger partial charge in [-0.2, -0.15) is 0 Å². The van der Waals surface area contributed by atoms with Gasteiger partial charge in [-0.25, -0.2) is 4.98 Å². The number of hydrogen-bond donors (Lipinski definition) is 2. The van der Waals surface area contributed by atoms with Crippen LogP contribution in [0.15, 0.2) is 46.9 Å². The molecule has 0 saturated heterocycles. The number of rotatable bonds is 6. The van der Waals surface area contributed by atoms with Crippen molar-refractivity contribution >= 4 is 17.0 Å². The van der Waals surface area contributed by atoms with Crippen LogP contribution in [0.2, 0.25) is 0 Å². The second-order valence-corrected chi connectivity index (χ2v) is 7.84. The van der Waals surface area contributed by atoms with Crippen LogP contribution < -0.4 is 11.1 Å². The van der Waals surface area contributed by atoms with Crippen LogP contribution in [0.1, 0.15) is 49.8 Å². The smallest absolute Gasteiger partial charge is 0.220 e. The zero-order valence-electron chi connectivity index (χ0n) is 16.2. The molecule has 27 heavy (non-hydrogen) atoms. The lowest BCUT2D eigenvalue weighted by atomic mass is 9.87. The number of nitrogens with one attached hydrogen (secondary N) is 1. The molecule has 142 valence electrons. The van der Waals surface area contributed by atoms with Gasteiger partial charge in [-0.05, 0) is 34.2 Å².